The van der Waals surface area contributed by atoms with Crippen LogP contribution in [-0.2, 0) is 4.74 Å². The number of hydrogen-bond acceptors (Lipinski definition) is 2. The molecule has 0 aliphatic heterocycles. The van der Waals surface area contributed by atoms with Crippen LogP contribution < -0.4 is 5.32 Å². The summed E-state index contributed by atoms with van der Waals surface area (Å²) in [5, 5.41) is 3.20. The van der Waals surface area contributed by atoms with Crippen LogP contribution in [0.15, 0.2) is 0 Å². The molecule has 0 saturated carbocycles. The Morgan fingerprint density at radius 3 is 2.27 bits per heavy atom. The maximum atomic E-state index is 5.34. The normalized spacial score (nSPS) is 11.5. The molecule has 0 radical (unpaired) electrons. The molecule has 0 aliphatic rings. The second kappa shape index (κ2) is 6.62. The largest absolute Gasteiger partial charge is 0.366 e. The topological polar surface area (TPSA) is 21.3 Å². The molecule has 0 aromatic heterocycles. The van der Waals surface area contributed by atoms with Gasteiger partial charge in [0, 0.05) is 12.6 Å². The zero-order valence-electron chi connectivity index (χ0n) is 8.18. The predicted molar refractivity (Wildman–Crippen MR) is 48.5 cm³/mol. The van der Waals surface area contributed by atoms with Crippen molar-refractivity contribution in [3.8, 4) is 0 Å². The van der Waals surface area contributed by atoms with Crippen molar-refractivity contribution < 1.29 is 4.74 Å². The van der Waals surface area contributed by atoms with Crippen molar-refractivity contribution in [1.29, 1.82) is 0 Å². The van der Waals surface area contributed by atoms with E-state index in [9.17, 15) is 0 Å². The van der Waals surface area contributed by atoms with Gasteiger partial charge in [-0.25, -0.2) is 0 Å². The summed E-state index contributed by atoms with van der Waals surface area (Å²) in [4.78, 5) is 0. The van der Waals surface area contributed by atoms with Crippen molar-refractivity contribution in [3.05, 3.63) is 0 Å². The molecule has 2 nitrogen and oxygen atoms in total. The van der Waals surface area contributed by atoms with Crippen molar-refractivity contribution in [2.24, 2.45) is 5.92 Å². The van der Waals surface area contributed by atoms with Crippen molar-refractivity contribution in [2.75, 3.05) is 13.3 Å². The molecule has 0 unspecified atom stereocenters. The van der Waals surface area contributed by atoms with Gasteiger partial charge in [-0.05, 0) is 26.2 Å². The minimum atomic E-state index is 0.522. The molecule has 68 valence electrons. The van der Waals surface area contributed by atoms with Gasteiger partial charge in [0.2, 0.25) is 0 Å². The fourth-order valence-corrected chi connectivity index (χ4v) is 0.617. The monoisotopic (exact) mass is 159 g/mol. The van der Waals surface area contributed by atoms with Crippen LogP contribution in [0.4, 0.5) is 0 Å². The fourth-order valence-electron chi connectivity index (χ4n) is 0.617. The minimum absolute atomic E-state index is 0.522. The summed E-state index contributed by atoms with van der Waals surface area (Å²) in [6.45, 7) is 10.2. The van der Waals surface area contributed by atoms with Gasteiger partial charge in [0.25, 0.3) is 0 Å². The SMILES string of the molecule is CC(C)CCOCNC(C)C. The van der Waals surface area contributed by atoms with Gasteiger partial charge in [0.1, 0.15) is 0 Å². The second-order valence-electron chi connectivity index (χ2n) is 3.59. The lowest BCUT2D eigenvalue weighted by molar-refractivity contribution is 0.102. The molecular formula is C9H21NO. The third kappa shape index (κ3) is 9.92. The summed E-state index contributed by atoms with van der Waals surface area (Å²) >= 11 is 0. The van der Waals surface area contributed by atoms with Gasteiger partial charge >= 0.3 is 0 Å². The van der Waals surface area contributed by atoms with E-state index in [0.29, 0.717) is 12.8 Å². The molecule has 1 N–H and O–H groups in total. The van der Waals surface area contributed by atoms with Crippen LogP contribution in [0.25, 0.3) is 0 Å². The molecule has 0 spiro atoms. The van der Waals surface area contributed by atoms with Crippen LogP contribution in [0.2, 0.25) is 0 Å². The summed E-state index contributed by atoms with van der Waals surface area (Å²) in [6, 6.07) is 0.522. The van der Waals surface area contributed by atoms with E-state index in [2.05, 4.69) is 33.0 Å². The Bertz CT molecular complexity index is 71.6. The molecule has 0 heterocycles. The van der Waals surface area contributed by atoms with E-state index in [-0.39, 0.29) is 0 Å². The van der Waals surface area contributed by atoms with Gasteiger partial charge in [-0.1, -0.05) is 13.8 Å². The Hall–Kier alpha value is -0.0800. The van der Waals surface area contributed by atoms with E-state index in [1.54, 1.807) is 0 Å². The highest BCUT2D eigenvalue weighted by molar-refractivity contribution is 4.46. The Kier molecular flexibility index (Phi) is 6.57. The first kappa shape index (κ1) is 10.9. The zero-order valence-corrected chi connectivity index (χ0v) is 8.18. The van der Waals surface area contributed by atoms with Crippen molar-refractivity contribution in [1.82, 2.24) is 5.32 Å². The standard InChI is InChI=1S/C9H21NO/c1-8(2)5-6-11-7-10-9(3)4/h8-10H,5-7H2,1-4H3. The van der Waals surface area contributed by atoms with Gasteiger partial charge in [-0.2, -0.15) is 0 Å². The van der Waals surface area contributed by atoms with Crippen LogP contribution >= 0.6 is 0 Å². The van der Waals surface area contributed by atoms with Crippen LogP contribution in [0.1, 0.15) is 34.1 Å². The highest BCUT2D eigenvalue weighted by Crippen LogP contribution is 1.97. The van der Waals surface area contributed by atoms with E-state index in [4.69, 9.17) is 4.74 Å². The first-order valence-electron chi connectivity index (χ1n) is 4.44. The quantitative estimate of drug-likeness (QED) is 0.473. The van der Waals surface area contributed by atoms with E-state index in [1.807, 2.05) is 0 Å². The molecule has 0 fully saturated rings. The number of ether oxygens (including phenoxy) is 1. The Morgan fingerprint density at radius 2 is 1.82 bits per heavy atom. The Balaban J connectivity index is 2.91. The van der Waals surface area contributed by atoms with Gasteiger partial charge in [0.05, 0.1) is 6.73 Å². The van der Waals surface area contributed by atoms with Crippen molar-refractivity contribution in [3.63, 3.8) is 0 Å². The predicted octanol–water partition coefficient (Wildman–Crippen LogP) is 2.00. The van der Waals surface area contributed by atoms with E-state index < -0.39 is 0 Å². The van der Waals surface area contributed by atoms with Crippen molar-refractivity contribution >= 4 is 0 Å². The first-order chi connectivity index (χ1) is 5.13. The minimum Gasteiger partial charge on any atom is -0.366 e. The maximum Gasteiger partial charge on any atom is 0.0967 e. The smallest absolute Gasteiger partial charge is 0.0967 e. The summed E-state index contributed by atoms with van der Waals surface area (Å²) in [6.07, 6.45) is 1.15. The fraction of sp³-hybridized carbons (Fsp3) is 1.00. The van der Waals surface area contributed by atoms with E-state index >= 15 is 0 Å². The lowest BCUT2D eigenvalue weighted by Gasteiger charge is -2.09. The average molecular weight is 159 g/mol. The lowest BCUT2D eigenvalue weighted by Crippen LogP contribution is -2.25. The molecule has 11 heavy (non-hydrogen) atoms. The summed E-state index contributed by atoms with van der Waals surface area (Å²) in [5.41, 5.74) is 0. The van der Waals surface area contributed by atoms with E-state index in [0.717, 1.165) is 18.9 Å². The zero-order chi connectivity index (χ0) is 8.69. The van der Waals surface area contributed by atoms with Crippen LogP contribution in [0.5, 0.6) is 0 Å². The molecule has 0 aromatic carbocycles. The molecule has 0 saturated heterocycles. The van der Waals surface area contributed by atoms with Gasteiger partial charge in [-0.15, -0.1) is 0 Å². The molecule has 0 aromatic rings. The molecule has 0 amide bonds. The number of nitrogens with one attached hydrogen (secondary N) is 1. The third-order valence-electron chi connectivity index (χ3n) is 1.43. The number of hydrogen-bond donors (Lipinski definition) is 1. The first-order valence-corrected chi connectivity index (χ1v) is 4.44. The lowest BCUT2D eigenvalue weighted by atomic mass is 10.1. The van der Waals surface area contributed by atoms with Crippen LogP contribution in [0, 0.1) is 5.92 Å². The van der Waals surface area contributed by atoms with Gasteiger partial charge in [0.15, 0.2) is 0 Å². The summed E-state index contributed by atoms with van der Waals surface area (Å²) in [5.74, 6) is 0.744. The molecule has 0 aliphatic carbocycles. The molecule has 0 rings (SSSR count). The molecule has 0 bridgehead atoms. The van der Waals surface area contributed by atoms with E-state index in [1.165, 1.54) is 0 Å². The Morgan fingerprint density at radius 1 is 1.18 bits per heavy atom. The van der Waals surface area contributed by atoms with Crippen molar-refractivity contribution in [2.45, 2.75) is 40.2 Å². The highest BCUT2D eigenvalue weighted by atomic mass is 16.5. The Labute approximate surface area is 70.3 Å². The van der Waals surface area contributed by atoms with Gasteiger partial charge in [-0.3, -0.25) is 5.32 Å². The summed E-state index contributed by atoms with van der Waals surface area (Å²) < 4.78 is 5.34. The summed E-state index contributed by atoms with van der Waals surface area (Å²) in [7, 11) is 0. The van der Waals surface area contributed by atoms with Crippen LogP contribution in [-0.4, -0.2) is 19.4 Å². The second-order valence-corrected chi connectivity index (χ2v) is 3.59. The molecule has 2 heteroatoms. The third-order valence-corrected chi connectivity index (χ3v) is 1.43. The average Bonchev–Trinajstić information content (AvgIpc) is 1.85. The molecular weight excluding hydrogens is 138 g/mol. The number of rotatable bonds is 6. The van der Waals surface area contributed by atoms with Crippen LogP contribution in [0.3, 0.4) is 0 Å². The maximum absolute atomic E-state index is 5.34. The molecule has 0 atom stereocenters. The van der Waals surface area contributed by atoms with Gasteiger partial charge < -0.3 is 4.74 Å². The highest BCUT2D eigenvalue weighted by Gasteiger charge is 1.94.